The molecule has 0 bridgehead atoms. The van der Waals surface area contributed by atoms with Crippen molar-refractivity contribution in [1.29, 1.82) is 0 Å². The molecule has 0 aliphatic carbocycles. The number of aryl methyl sites for hydroxylation is 8. The minimum Gasteiger partial charge on any atom is -1.00 e. The number of hydrogen-bond acceptors (Lipinski definition) is 0. The average Bonchev–Trinajstić information content (AvgIpc) is 3.77. The molecule has 0 radical (unpaired) electrons. The molecule has 6 heteroatoms. The molecule has 0 aliphatic heterocycles. The maximum atomic E-state index is 2.27. The predicted octanol–water partition coefficient (Wildman–Crippen LogP) is 8.28. The van der Waals surface area contributed by atoms with Crippen molar-refractivity contribution in [2.24, 2.45) is 0 Å². The van der Waals surface area contributed by atoms with Crippen molar-refractivity contribution in [1.82, 2.24) is 0 Å². The van der Waals surface area contributed by atoms with Crippen molar-refractivity contribution in [3.05, 3.63) is 166 Å². The second kappa shape index (κ2) is 24.4. The molecule has 8 rings (SSSR count). The number of halogens is 2. The number of rotatable bonds is 0. The zero-order chi connectivity index (χ0) is 38.5. The molecule has 0 fully saturated rings. The summed E-state index contributed by atoms with van der Waals surface area (Å²) in [6, 6.07) is 43.0. The molecule has 8 aromatic carbocycles. The standard InChI is InChI=1S/4C11H11.2C2H6Si.2ClH.2Ti/c4*1-8-7-10-5-3-4-6-11(10)9(8)2;2*1-3-2;;;;/h4*3-7H,1-2H3;2*1-2H3;2*1H;;/q4*-1;;;;;2*+2/p-2. The monoisotopic (exact) mass is 854 g/mol. The summed E-state index contributed by atoms with van der Waals surface area (Å²) in [5, 5.41) is 11.0. The van der Waals surface area contributed by atoms with E-state index in [1.807, 2.05) is 0 Å². The molecular formula is C48H56Cl2Si2Ti2-2. The van der Waals surface area contributed by atoms with E-state index in [1.165, 1.54) is 87.6 Å². The van der Waals surface area contributed by atoms with Crippen molar-refractivity contribution < 1.29 is 63.2 Å². The van der Waals surface area contributed by atoms with Gasteiger partial charge in [0.1, 0.15) is 0 Å². The Hall–Kier alpha value is -2.24. The molecule has 0 saturated carbocycles. The van der Waals surface area contributed by atoms with Gasteiger partial charge in [-0.3, -0.25) is 0 Å². The first-order chi connectivity index (χ1) is 24.6. The Kier molecular flexibility index (Phi) is 22.5. The third-order valence-corrected chi connectivity index (χ3v) is 9.31. The molecule has 0 unspecified atom stereocenters. The molecule has 280 valence electrons. The van der Waals surface area contributed by atoms with E-state index in [1.54, 1.807) is 0 Å². The van der Waals surface area contributed by atoms with Gasteiger partial charge in [-0.2, -0.15) is 22.3 Å². The molecule has 0 aromatic heterocycles. The average molecular weight is 856 g/mol. The van der Waals surface area contributed by atoms with Gasteiger partial charge >= 0.3 is 76.9 Å². The minimum atomic E-state index is 0. The van der Waals surface area contributed by atoms with Crippen LogP contribution in [-0.4, -0.2) is 12.4 Å². The van der Waals surface area contributed by atoms with Crippen LogP contribution in [0.5, 0.6) is 0 Å². The topological polar surface area (TPSA) is 0 Å². The Morgan fingerprint density at radius 3 is 0.630 bits per heavy atom. The Morgan fingerprint density at radius 1 is 0.333 bits per heavy atom. The largest absolute Gasteiger partial charge is 1.00 e. The molecule has 54 heavy (non-hydrogen) atoms. The summed E-state index contributed by atoms with van der Waals surface area (Å²) in [5.74, 6) is 0. The molecule has 0 heterocycles. The van der Waals surface area contributed by atoms with Crippen molar-refractivity contribution >= 4 is 55.5 Å². The number of hydrogen-bond donors (Lipinski definition) is 0. The maximum absolute atomic E-state index is 2.27. The summed E-state index contributed by atoms with van der Waals surface area (Å²) < 4.78 is 0. The molecule has 0 atom stereocenters. The summed E-state index contributed by atoms with van der Waals surface area (Å²) in [4.78, 5) is 0. The van der Waals surface area contributed by atoms with Gasteiger partial charge < -0.3 is 24.8 Å². The summed E-state index contributed by atoms with van der Waals surface area (Å²) in [5.41, 5.74) is 11.2. The van der Waals surface area contributed by atoms with Crippen molar-refractivity contribution in [2.45, 2.75) is 81.6 Å². The molecule has 0 saturated heterocycles. The van der Waals surface area contributed by atoms with Crippen LogP contribution in [0.25, 0.3) is 43.1 Å². The van der Waals surface area contributed by atoms with Crippen molar-refractivity contribution in [3.63, 3.8) is 0 Å². The summed E-state index contributed by atoms with van der Waals surface area (Å²) >= 11 is 4.54. The van der Waals surface area contributed by atoms with Crippen LogP contribution in [-0.2, 0) is 38.3 Å². The number of fused-ring (bicyclic) bond motifs is 4. The van der Waals surface area contributed by atoms with E-state index >= 15 is 0 Å². The first-order valence-electron chi connectivity index (χ1n) is 18.1. The van der Waals surface area contributed by atoms with Gasteiger partial charge in [0, 0.05) is 0 Å². The van der Waals surface area contributed by atoms with Crippen LogP contribution < -0.4 is 24.8 Å². The summed E-state index contributed by atoms with van der Waals surface area (Å²) in [6.07, 6.45) is 0.241. The molecule has 0 spiro atoms. The van der Waals surface area contributed by atoms with Crippen LogP contribution in [0.1, 0.15) is 44.5 Å². The third kappa shape index (κ3) is 14.7. The Morgan fingerprint density at radius 2 is 0.481 bits per heavy atom. The minimum absolute atomic E-state index is 0. The van der Waals surface area contributed by atoms with E-state index in [4.69, 9.17) is 0 Å². The van der Waals surface area contributed by atoms with E-state index in [2.05, 4.69) is 241 Å². The third-order valence-electron chi connectivity index (χ3n) is 9.31. The van der Waals surface area contributed by atoms with Crippen LogP contribution in [0.15, 0.2) is 121 Å². The Balaban J connectivity index is 0.000000334. The fourth-order valence-electron chi connectivity index (χ4n) is 6.07. The first-order valence-corrected chi connectivity index (χ1v) is 27.8. The van der Waals surface area contributed by atoms with E-state index in [-0.39, 0.29) is 37.2 Å². The van der Waals surface area contributed by atoms with Gasteiger partial charge in [0.25, 0.3) is 0 Å². The predicted molar refractivity (Wildman–Crippen MR) is 231 cm³/mol. The van der Waals surface area contributed by atoms with Crippen molar-refractivity contribution in [3.8, 4) is 0 Å². The second-order valence-corrected chi connectivity index (χ2v) is 27.5. The molecular weight excluding hydrogens is 799 g/mol. The van der Waals surface area contributed by atoms with Crippen LogP contribution in [0, 0.1) is 55.4 Å². The van der Waals surface area contributed by atoms with E-state index < -0.39 is 0 Å². The normalized spacial score (nSPS) is 9.78. The quantitative estimate of drug-likeness (QED) is 0.107. The molecule has 0 amide bonds. The molecule has 8 aromatic rings. The summed E-state index contributed by atoms with van der Waals surface area (Å²) in [7, 11) is 0. The first kappa shape index (κ1) is 49.8. The number of benzene rings is 4. The molecule has 0 N–H and O–H groups in total. The van der Waals surface area contributed by atoms with Crippen LogP contribution >= 0.6 is 0 Å². The van der Waals surface area contributed by atoms with Crippen LogP contribution in [0.2, 0.25) is 26.2 Å². The summed E-state index contributed by atoms with van der Waals surface area (Å²) in [6.45, 7) is 26.4. The van der Waals surface area contributed by atoms with Crippen LogP contribution in [0.4, 0.5) is 0 Å². The van der Waals surface area contributed by atoms with Gasteiger partial charge in [0.15, 0.2) is 0 Å². The van der Waals surface area contributed by atoms with Gasteiger partial charge in [-0.15, -0.1) is 162 Å². The fourth-order valence-corrected chi connectivity index (χ4v) is 6.07. The second-order valence-electron chi connectivity index (χ2n) is 14.2. The van der Waals surface area contributed by atoms with Gasteiger partial charge in [0.2, 0.25) is 0 Å². The smallest absolute Gasteiger partial charge is 0.0576 e. The Bertz CT molecular complexity index is 2050. The molecule has 0 aliphatic rings. The zero-order valence-electron chi connectivity index (χ0n) is 34.3. The Labute approximate surface area is 362 Å². The van der Waals surface area contributed by atoms with Gasteiger partial charge in [-0.05, 0) is 0 Å². The SMILES string of the molecule is C[Si](C)=[Ti+2].C[Si](C)=[Ti+2].Cc1[cH-]c2ccccc2c1C.Cc1[cH-]c2ccccc2c1C.Cc1[cH-]c2ccccc2c1C.Cc1[cH-]c2ccccc2c1C.[Cl-].[Cl-]. The van der Waals surface area contributed by atoms with E-state index in [0.717, 1.165) is 0 Å². The van der Waals surface area contributed by atoms with Crippen LogP contribution in [0.3, 0.4) is 0 Å². The van der Waals surface area contributed by atoms with E-state index in [0.29, 0.717) is 0 Å². The van der Waals surface area contributed by atoms with Gasteiger partial charge in [0.05, 0.1) is 0 Å². The maximum Gasteiger partial charge on any atom is -0.0576 e. The van der Waals surface area contributed by atoms with Gasteiger partial charge in [-0.25, -0.2) is 0 Å². The van der Waals surface area contributed by atoms with Crippen molar-refractivity contribution in [2.75, 3.05) is 0 Å². The van der Waals surface area contributed by atoms with E-state index in [9.17, 15) is 0 Å². The molecule has 0 nitrogen and oxygen atoms in total. The zero-order valence-corrected chi connectivity index (χ0v) is 40.9. The fraction of sp³-hybridized carbons (Fsp3) is 0.250. The van der Waals surface area contributed by atoms with Gasteiger partial charge in [-0.1, -0.05) is 79.7 Å².